The number of fused-ring (bicyclic) bond motifs is 9. The van der Waals surface area contributed by atoms with Crippen molar-refractivity contribution in [3.8, 4) is 11.1 Å². The number of anilines is 6. The third kappa shape index (κ3) is 7.19. The molecule has 10 aromatic rings. The Labute approximate surface area is 419 Å². The van der Waals surface area contributed by atoms with Gasteiger partial charge in [0, 0.05) is 54.3 Å². The molecule has 0 N–H and O–H groups in total. The quantitative estimate of drug-likeness (QED) is 0.163. The van der Waals surface area contributed by atoms with Gasteiger partial charge in [-0.15, -0.1) is 11.3 Å². The van der Waals surface area contributed by atoms with Gasteiger partial charge in [-0.1, -0.05) is 186 Å². The van der Waals surface area contributed by atoms with E-state index in [0.29, 0.717) is 0 Å². The van der Waals surface area contributed by atoms with Gasteiger partial charge >= 0.3 is 0 Å². The van der Waals surface area contributed by atoms with Crippen LogP contribution in [0.2, 0.25) is 0 Å². The Kier molecular flexibility index (Phi) is 9.83. The van der Waals surface area contributed by atoms with Crippen molar-refractivity contribution in [1.82, 2.24) is 0 Å². The third-order valence-electron chi connectivity index (χ3n) is 15.3. The minimum absolute atomic E-state index is 0.0377. The average molecular weight is 927 g/mol. The first-order valence-electron chi connectivity index (χ1n) is 25.3. The van der Waals surface area contributed by atoms with Crippen molar-refractivity contribution >= 4 is 110 Å². The fourth-order valence-corrected chi connectivity index (χ4v) is 12.4. The van der Waals surface area contributed by atoms with Crippen LogP contribution in [-0.2, 0) is 21.7 Å². The van der Waals surface area contributed by atoms with Gasteiger partial charge in [-0.05, 0) is 154 Å². The molecule has 0 bridgehead atoms. The van der Waals surface area contributed by atoms with Crippen LogP contribution in [0.4, 0.5) is 34.1 Å². The van der Waals surface area contributed by atoms with Gasteiger partial charge < -0.3 is 9.80 Å². The minimum atomic E-state index is -0.0723. The van der Waals surface area contributed by atoms with Gasteiger partial charge in [0.15, 0.2) is 0 Å². The molecule has 0 saturated heterocycles. The highest BCUT2D eigenvalue weighted by Crippen LogP contribution is 2.51. The lowest BCUT2D eigenvalue weighted by atomic mass is 9.33. The molecule has 12 rings (SSSR count). The summed E-state index contributed by atoms with van der Waals surface area (Å²) in [5.74, 6) is 0. The van der Waals surface area contributed by atoms with Crippen molar-refractivity contribution in [2.24, 2.45) is 0 Å². The van der Waals surface area contributed by atoms with Crippen LogP contribution in [0.15, 0.2) is 164 Å². The van der Waals surface area contributed by atoms with Crippen LogP contribution in [0, 0.1) is 0 Å². The van der Waals surface area contributed by atoms with Gasteiger partial charge in [0.25, 0.3) is 6.71 Å². The van der Waals surface area contributed by atoms with Crippen molar-refractivity contribution in [2.75, 3.05) is 9.80 Å². The maximum atomic E-state index is 2.66. The standard InChI is InChI=1S/C66H63BN2S/c1-63(2,3)45-34-46(64(4,5)6)37-49(36-45)68-55-30-42-22-15-13-20-40(42)28-53(55)67-54-29-41-21-14-16-23-43(41)31-56(54)69(50-38-47(65(7,8)9)35-48(39-50)66(10,11)12)58-33-44(32-57(68)62(58)67)51-25-19-27-60-61(51)52-24-17-18-26-59(52)70-60/h13-39H,1-12H3. The maximum absolute atomic E-state index is 2.66. The zero-order chi connectivity index (χ0) is 48.8. The summed E-state index contributed by atoms with van der Waals surface area (Å²) >= 11 is 1.89. The molecular weight excluding hydrogens is 864 g/mol. The summed E-state index contributed by atoms with van der Waals surface area (Å²) in [5.41, 5.74) is 18.9. The van der Waals surface area contributed by atoms with Gasteiger partial charge in [-0.2, -0.15) is 0 Å². The van der Waals surface area contributed by atoms with Gasteiger partial charge in [-0.25, -0.2) is 0 Å². The van der Waals surface area contributed by atoms with Crippen LogP contribution in [0.1, 0.15) is 105 Å². The monoisotopic (exact) mass is 926 g/mol. The van der Waals surface area contributed by atoms with E-state index in [1.165, 1.54) is 126 Å². The summed E-state index contributed by atoms with van der Waals surface area (Å²) < 4.78 is 2.63. The number of benzene rings is 9. The van der Waals surface area contributed by atoms with Crippen LogP contribution in [0.25, 0.3) is 52.8 Å². The van der Waals surface area contributed by atoms with Crippen molar-refractivity contribution in [3.63, 3.8) is 0 Å². The summed E-state index contributed by atoms with van der Waals surface area (Å²) in [7, 11) is 0. The number of nitrogens with zero attached hydrogens (tertiary/aromatic N) is 2. The Hall–Kier alpha value is -6.62. The molecule has 0 fully saturated rings. The predicted octanol–water partition coefficient (Wildman–Crippen LogP) is 17.3. The SMILES string of the molecule is CC(C)(C)c1cc(N2c3cc4ccccc4cc3B3c4cc5ccccc5cc4N(c4cc(C(C)(C)C)cc(C(C)(C)C)c4)c4cc(-c5cccc6sc7ccccc7c56)cc2c43)cc(C(C)(C)C)c1. The molecular formula is C66H63BN2S. The molecule has 346 valence electrons. The predicted molar refractivity (Wildman–Crippen MR) is 309 cm³/mol. The van der Waals surface area contributed by atoms with E-state index in [2.05, 4.69) is 257 Å². The zero-order valence-corrected chi connectivity index (χ0v) is 43.8. The molecule has 0 radical (unpaired) electrons. The summed E-state index contributed by atoms with van der Waals surface area (Å²) in [4.78, 5) is 5.32. The van der Waals surface area contributed by atoms with E-state index in [9.17, 15) is 0 Å². The van der Waals surface area contributed by atoms with Crippen LogP contribution in [0.5, 0.6) is 0 Å². The number of rotatable bonds is 3. The molecule has 0 unspecified atom stereocenters. The normalized spacial score (nSPS) is 13.9. The first-order valence-corrected chi connectivity index (χ1v) is 26.1. The lowest BCUT2D eigenvalue weighted by Gasteiger charge is -2.45. The topological polar surface area (TPSA) is 6.48 Å². The maximum Gasteiger partial charge on any atom is 0.252 e. The zero-order valence-electron chi connectivity index (χ0n) is 43.0. The lowest BCUT2D eigenvalue weighted by Crippen LogP contribution is -2.61. The summed E-state index contributed by atoms with van der Waals surface area (Å²) in [6.45, 7) is 28.3. The Morgan fingerprint density at radius 2 is 0.771 bits per heavy atom. The van der Waals surface area contributed by atoms with E-state index in [0.717, 1.165) is 0 Å². The van der Waals surface area contributed by atoms with Crippen molar-refractivity contribution in [2.45, 2.75) is 105 Å². The molecule has 0 amide bonds. The highest BCUT2D eigenvalue weighted by molar-refractivity contribution is 7.26. The molecule has 4 heteroatoms. The smallest absolute Gasteiger partial charge is 0.252 e. The highest BCUT2D eigenvalue weighted by Gasteiger charge is 2.45. The Morgan fingerprint density at radius 1 is 0.371 bits per heavy atom. The second-order valence-electron chi connectivity index (χ2n) is 24.4. The second-order valence-corrected chi connectivity index (χ2v) is 25.4. The Morgan fingerprint density at radius 3 is 1.21 bits per heavy atom. The van der Waals surface area contributed by atoms with Gasteiger partial charge in [0.05, 0.1) is 0 Å². The molecule has 2 aliphatic rings. The highest BCUT2D eigenvalue weighted by atomic mass is 32.1. The largest absolute Gasteiger partial charge is 0.311 e. The molecule has 0 atom stereocenters. The lowest BCUT2D eigenvalue weighted by molar-refractivity contribution is 0.568. The van der Waals surface area contributed by atoms with E-state index < -0.39 is 0 Å². The van der Waals surface area contributed by atoms with E-state index in [4.69, 9.17) is 0 Å². The summed E-state index contributed by atoms with van der Waals surface area (Å²) in [6, 6.07) is 63.9. The molecule has 0 aliphatic carbocycles. The fraction of sp³-hybridized carbons (Fsp3) is 0.242. The van der Waals surface area contributed by atoms with Crippen LogP contribution < -0.4 is 26.2 Å². The molecule has 1 aromatic heterocycles. The fourth-order valence-electron chi connectivity index (χ4n) is 11.3. The van der Waals surface area contributed by atoms with E-state index >= 15 is 0 Å². The van der Waals surface area contributed by atoms with Crippen molar-refractivity contribution in [1.29, 1.82) is 0 Å². The van der Waals surface area contributed by atoms with E-state index in [1.54, 1.807) is 0 Å². The molecule has 0 saturated carbocycles. The second kappa shape index (κ2) is 15.4. The van der Waals surface area contributed by atoms with Crippen molar-refractivity contribution in [3.05, 3.63) is 186 Å². The number of hydrogen-bond donors (Lipinski definition) is 0. The molecule has 2 nitrogen and oxygen atoms in total. The first kappa shape index (κ1) is 44.6. The third-order valence-corrected chi connectivity index (χ3v) is 16.5. The Balaban J connectivity index is 1.28. The van der Waals surface area contributed by atoms with Crippen LogP contribution in [-0.4, -0.2) is 6.71 Å². The summed E-state index contributed by atoms with van der Waals surface area (Å²) in [6.07, 6.45) is 0. The molecule has 70 heavy (non-hydrogen) atoms. The summed E-state index contributed by atoms with van der Waals surface area (Å²) in [5, 5.41) is 7.64. The van der Waals surface area contributed by atoms with Gasteiger partial charge in [-0.3, -0.25) is 0 Å². The first-order chi connectivity index (χ1) is 33.2. The van der Waals surface area contributed by atoms with Crippen LogP contribution >= 0.6 is 11.3 Å². The molecule has 0 spiro atoms. The van der Waals surface area contributed by atoms with E-state index in [-0.39, 0.29) is 28.4 Å². The van der Waals surface area contributed by atoms with E-state index in [1.807, 2.05) is 11.3 Å². The molecule has 9 aromatic carbocycles. The molecule has 3 heterocycles. The van der Waals surface area contributed by atoms with Gasteiger partial charge in [0.2, 0.25) is 0 Å². The van der Waals surface area contributed by atoms with Crippen LogP contribution in [0.3, 0.4) is 0 Å². The van der Waals surface area contributed by atoms with Crippen molar-refractivity contribution < 1.29 is 0 Å². The molecule has 2 aliphatic heterocycles. The average Bonchev–Trinajstić information content (AvgIpc) is 3.70. The minimum Gasteiger partial charge on any atom is -0.311 e. The number of hydrogen-bond acceptors (Lipinski definition) is 3. The Bertz CT molecular complexity index is 3540. The number of thiophene rings is 1. The van der Waals surface area contributed by atoms with Gasteiger partial charge in [0.1, 0.15) is 0 Å².